The molecule has 4 rings (SSSR count). The maximum Gasteiger partial charge on any atom is 0.264 e. The SMILES string of the molecule is Cc1ccc(N2C(=O)C(Cc3ccccc3Cl)SC2=C(C#N)C(=O)NCc2ccccc2)cc1. The largest absolute Gasteiger partial charge is 0.347 e. The van der Waals surface area contributed by atoms with Crippen LogP contribution in [-0.4, -0.2) is 17.1 Å². The second-order valence-electron chi connectivity index (χ2n) is 7.87. The summed E-state index contributed by atoms with van der Waals surface area (Å²) in [7, 11) is 0. The first kappa shape index (κ1) is 23.6. The highest BCUT2D eigenvalue weighted by atomic mass is 35.5. The van der Waals surface area contributed by atoms with Crippen LogP contribution < -0.4 is 10.2 Å². The summed E-state index contributed by atoms with van der Waals surface area (Å²) in [6.45, 7) is 2.24. The molecule has 170 valence electrons. The molecule has 34 heavy (non-hydrogen) atoms. The van der Waals surface area contributed by atoms with Crippen LogP contribution in [-0.2, 0) is 22.6 Å². The summed E-state index contributed by atoms with van der Waals surface area (Å²) >= 11 is 7.56. The van der Waals surface area contributed by atoms with Gasteiger partial charge in [0.2, 0.25) is 5.91 Å². The first-order valence-electron chi connectivity index (χ1n) is 10.7. The van der Waals surface area contributed by atoms with Gasteiger partial charge in [0.25, 0.3) is 5.91 Å². The highest BCUT2D eigenvalue weighted by Crippen LogP contribution is 2.42. The Morgan fingerprint density at radius 1 is 1.06 bits per heavy atom. The summed E-state index contributed by atoms with van der Waals surface area (Å²) in [4.78, 5) is 28.0. The van der Waals surface area contributed by atoms with Crippen LogP contribution in [0.2, 0.25) is 5.02 Å². The smallest absolute Gasteiger partial charge is 0.264 e. The van der Waals surface area contributed by atoms with Gasteiger partial charge in [-0.3, -0.25) is 14.5 Å². The molecule has 1 N–H and O–H groups in total. The van der Waals surface area contributed by atoms with E-state index in [4.69, 9.17) is 11.6 Å². The van der Waals surface area contributed by atoms with E-state index in [1.165, 1.54) is 16.7 Å². The molecule has 1 heterocycles. The number of benzene rings is 3. The molecule has 0 spiro atoms. The molecule has 0 bridgehead atoms. The monoisotopic (exact) mass is 487 g/mol. The lowest BCUT2D eigenvalue weighted by molar-refractivity contribution is -0.117. The molecular formula is C27H22ClN3O2S. The molecule has 0 aliphatic carbocycles. The van der Waals surface area contributed by atoms with E-state index in [0.717, 1.165) is 16.7 Å². The number of rotatable bonds is 6. The minimum absolute atomic E-state index is 0.0866. The number of nitriles is 1. The first-order valence-corrected chi connectivity index (χ1v) is 12.0. The van der Waals surface area contributed by atoms with E-state index in [1.54, 1.807) is 6.07 Å². The molecule has 1 aliphatic rings. The molecule has 7 heteroatoms. The zero-order chi connectivity index (χ0) is 24.1. The Bertz CT molecular complexity index is 1280. The maximum absolute atomic E-state index is 13.5. The molecule has 1 saturated heterocycles. The average molecular weight is 488 g/mol. The molecule has 3 aromatic carbocycles. The van der Waals surface area contributed by atoms with Gasteiger partial charge in [0.05, 0.1) is 5.25 Å². The predicted octanol–water partition coefficient (Wildman–Crippen LogP) is 5.39. The van der Waals surface area contributed by atoms with Gasteiger partial charge in [-0.25, -0.2) is 0 Å². The van der Waals surface area contributed by atoms with Crippen LogP contribution in [0.1, 0.15) is 16.7 Å². The highest BCUT2D eigenvalue weighted by Gasteiger charge is 2.41. The van der Waals surface area contributed by atoms with E-state index < -0.39 is 11.2 Å². The molecule has 5 nitrogen and oxygen atoms in total. The van der Waals surface area contributed by atoms with Crippen molar-refractivity contribution in [3.8, 4) is 6.07 Å². The number of nitrogens with one attached hydrogen (secondary N) is 1. The van der Waals surface area contributed by atoms with Crippen LogP contribution in [0, 0.1) is 18.3 Å². The van der Waals surface area contributed by atoms with Gasteiger partial charge >= 0.3 is 0 Å². The van der Waals surface area contributed by atoms with Crippen LogP contribution in [0.5, 0.6) is 0 Å². The van der Waals surface area contributed by atoms with Crippen molar-refractivity contribution in [2.75, 3.05) is 4.90 Å². The van der Waals surface area contributed by atoms with Crippen molar-refractivity contribution in [2.24, 2.45) is 0 Å². The number of aryl methyl sites for hydroxylation is 1. The van der Waals surface area contributed by atoms with Crippen LogP contribution in [0.25, 0.3) is 0 Å². The van der Waals surface area contributed by atoms with Crippen LogP contribution in [0.15, 0.2) is 89.5 Å². The van der Waals surface area contributed by atoms with Crippen molar-refractivity contribution in [2.45, 2.75) is 25.1 Å². The van der Waals surface area contributed by atoms with Crippen molar-refractivity contribution in [1.82, 2.24) is 5.32 Å². The highest BCUT2D eigenvalue weighted by molar-refractivity contribution is 8.05. The fourth-order valence-electron chi connectivity index (χ4n) is 3.65. The Morgan fingerprint density at radius 3 is 2.41 bits per heavy atom. The molecule has 2 amide bonds. The predicted molar refractivity (Wildman–Crippen MR) is 136 cm³/mol. The van der Waals surface area contributed by atoms with E-state index in [-0.39, 0.29) is 18.0 Å². The minimum Gasteiger partial charge on any atom is -0.347 e. The number of hydrogen-bond donors (Lipinski definition) is 1. The van der Waals surface area contributed by atoms with Gasteiger partial charge in [-0.1, -0.05) is 89.6 Å². The molecular weight excluding hydrogens is 466 g/mol. The lowest BCUT2D eigenvalue weighted by atomic mass is 10.1. The van der Waals surface area contributed by atoms with Crippen molar-refractivity contribution in [3.63, 3.8) is 0 Å². The van der Waals surface area contributed by atoms with Gasteiger partial charge < -0.3 is 5.32 Å². The Labute approximate surface area is 208 Å². The fourth-order valence-corrected chi connectivity index (χ4v) is 5.15. The summed E-state index contributed by atoms with van der Waals surface area (Å²) in [5.74, 6) is -0.704. The summed E-state index contributed by atoms with van der Waals surface area (Å²) in [5.41, 5.74) is 3.33. The third kappa shape index (κ3) is 5.17. The van der Waals surface area contributed by atoms with Gasteiger partial charge in [-0.15, -0.1) is 0 Å². The first-order chi connectivity index (χ1) is 16.5. The number of hydrogen-bond acceptors (Lipinski definition) is 4. The maximum atomic E-state index is 13.5. The molecule has 1 aliphatic heterocycles. The molecule has 1 fully saturated rings. The second kappa shape index (κ2) is 10.6. The Hall–Kier alpha value is -3.53. The standard InChI is InChI=1S/C27H22ClN3O2S/c1-18-11-13-21(14-12-18)31-26(33)24(15-20-9-5-6-10-23(20)28)34-27(31)22(16-29)25(32)30-17-19-7-3-2-4-8-19/h2-14,24H,15,17H2,1H3,(H,30,32). The van der Waals surface area contributed by atoms with Gasteiger partial charge in [0.1, 0.15) is 16.7 Å². The van der Waals surface area contributed by atoms with E-state index in [1.807, 2.05) is 85.8 Å². The molecule has 1 atom stereocenters. The lowest BCUT2D eigenvalue weighted by Crippen LogP contribution is -2.32. The number of anilines is 1. The van der Waals surface area contributed by atoms with Crippen LogP contribution >= 0.6 is 23.4 Å². The fraction of sp³-hybridized carbons (Fsp3) is 0.148. The number of carbonyl (C=O) groups is 2. The average Bonchev–Trinajstić information content (AvgIpc) is 3.16. The summed E-state index contributed by atoms with van der Waals surface area (Å²) in [6, 6.07) is 26.3. The lowest BCUT2D eigenvalue weighted by Gasteiger charge is -2.19. The molecule has 0 aromatic heterocycles. The van der Waals surface area contributed by atoms with E-state index >= 15 is 0 Å². The van der Waals surface area contributed by atoms with Crippen molar-refractivity contribution >= 4 is 40.9 Å². The number of halogens is 1. The quantitative estimate of drug-likeness (QED) is 0.373. The van der Waals surface area contributed by atoms with E-state index in [9.17, 15) is 14.9 Å². The minimum atomic E-state index is -0.517. The van der Waals surface area contributed by atoms with Crippen LogP contribution in [0.3, 0.4) is 0 Å². The van der Waals surface area contributed by atoms with E-state index in [0.29, 0.717) is 22.2 Å². The number of amides is 2. The third-order valence-corrected chi connectivity index (χ3v) is 7.09. The summed E-state index contributed by atoms with van der Waals surface area (Å²) in [5, 5.41) is 13.1. The molecule has 0 saturated carbocycles. The second-order valence-corrected chi connectivity index (χ2v) is 9.47. The van der Waals surface area contributed by atoms with Gasteiger partial charge in [0, 0.05) is 17.3 Å². The van der Waals surface area contributed by atoms with Crippen molar-refractivity contribution < 1.29 is 9.59 Å². The molecule has 1 unspecified atom stereocenters. The van der Waals surface area contributed by atoms with Gasteiger partial charge in [-0.2, -0.15) is 5.26 Å². The molecule has 0 radical (unpaired) electrons. The van der Waals surface area contributed by atoms with Crippen molar-refractivity contribution in [3.05, 3.63) is 111 Å². The normalized spacial score (nSPS) is 16.8. The van der Waals surface area contributed by atoms with Crippen LogP contribution in [0.4, 0.5) is 5.69 Å². The molecule has 3 aromatic rings. The Morgan fingerprint density at radius 2 is 1.74 bits per heavy atom. The zero-order valence-electron chi connectivity index (χ0n) is 18.5. The number of carbonyl (C=O) groups excluding carboxylic acids is 2. The van der Waals surface area contributed by atoms with Crippen molar-refractivity contribution in [1.29, 1.82) is 5.26 Å². The zero-order valence-corrected chi connectivity index (χ0v) is 20.1. The van der Waals surface area contributed by atoms with Gasteiger partial charge in [0.15, 0.2) is 0 Å². The third-order valence-electron chi connectivity index (χ3n) is 5.46. The number of thioether (sulfide) groups is 1. The summed E-state index contributed by atoms with van der Waals surface area (Å²) in [6.07, 6.45) is 0.388. The summed E-state index contributed by atoms with van der Waals surface area (Å²) < 4.78 is 0. The Kier molecular flexibility index (Phi) is 7.36. The number of nitrogens with zero attached hydrogens (tertiary/aromatic N) is 2. The van der Waals surface area contributed by atoms with Gasteiger partial charge in [-0.05, 0) is 42.7 Å². The topological polar surface area (TPSA) is 73.2 Å². The Balaban J connectivity index is 1.68. The van der Waals surface area contributed by atoms with E-state index in [2.05, 4.69) is 5.32 Å².